The third-order valence-electron chi connectivity index (χ3n) is 8.77. The van der Waals surface area contributed by atoms with Gasteiger partial charge in [-0.3, -0.25) is 0 Å². The second-order valence-electron chi connectivity index (χ2n) is 12.3. The number of aliphatic hydroxyl groups is 1. The minimum atomic E-state index is 0.181. The molecule has 4 aromatic heterocycles. The van der Waals surface area contributed by atoms with E-state index in [9.17, 15) is 0 Å². The van der Waals surface area contributed by atoms with Crippen molar-refractivity contribution < 1.29 is 13.9 Å². The number of aliphatic hydroxyl groups excluding tert-OH is 1. The van der Waals surface area contributed by atoms with E-state index in [0.717, 1.165) is 45.5 Å². The molecule has 0 aliphatic heterocycles. The Bertz CT molecular complexity index is 2290. The SMILES string of the molecule is C=C(O)/C(C)=C/C(C)CC.CC.Cc1csc(-c2cc3c(ccc4c3ccc3c5ccc6oc(-c7cc(C)cs7)cc6c5ccc43)o2)c1. The number of fused-ring (bicyclic) bond motifs is 9. The quantitative estimate of drug-likeness (QED) is 0.113. The molecule has 5 heteroatoms. The summed E-state index contributed by atoms with van der Waals surface area (Å²) in [5.74, 6) is 2.59. The number of furan rings is 2. The molecule has 0 saturated heterocycles. The van der Waals surface area contributed by atoms with Crippen LogP contribution >= 0.6 is 22.7 Å². The Morgan fingerprint density at radius 2 is 1.06 bits per heavy atom. The van der Waals surface area contributed by atoms with Crippen LogP contribution in [0.4, 0.5) is 0 Å². The van der Waals surface area contributed by atoms with Gasteiger partial charge in [0, 0.05) is 10.8 Å². The van der Waals surface area contributed by atoms with Gasteiger partial charge in [-0.25, -0.2) is 0 Å². The fourth-order valence-corrected chi connectivity index (χ4v) is 7.79. The first-order chi connectivity index (χ1) is 23.2. The molecule has 1 N–H and O–H groups in total. The van der Waals surface area contributed by atoms with E-state index in [0.29, 0.717) is 5.92 Å². The fourth-order valence-electron chi connectivity index (χ4n) is 6.08. The van der Waals surface area contributed by atoms with Crippen LogP contribution in [0.1, 0.15) is 52.2 Å². The Balaban J connectivity index is 0.000000291. The summed E-state index contributed by atoms with van der Waals surface area (Å²) < 4.78 is 12.5. The van der Waals surface area contributed by atoms with Crippen LogP contribution in [-0.2, 0) is 0 Å². The minimum Gasteiger partial charge on any atom is -0.508 e. The second kappa shape index (κ2) is 13.9. The molecule has 0 aliphatic carbocycles. The van der Waals surface area contributed by atoms with Crippen LogP contribution in [0.15, 0.2) is 116 Å². The van der Waals surface area contributed by atoms with E-state index in [1.807, 2.05) is 26.8 Å². The molecule has 4 heterocycles. The molecular formula is C43H42O3S2. The van der Waals surface area contributed by atoms with Crippen LogP contribution in [0, 0.1) is 19.8 Å². The standard InChI is InChI=1S/C32H20O2S2.C9H16O.C2H6/c1-17-11-31(35-15-17)29-13-25-23-5-3-20-19(21(23)7-9-27(25)33-29)4-6-24-22(20)8-10-28-26(24)14-30(34-28)32-12-18(2)16-36-32;1-5-7(2)6-8(3)9(4)10;1-2/h3-16H,1-2H3;6-7,10H,4-5H2,1-3H3;1-2H3/b;8-6+;. The van der Waals surface area contributed by atoms with E-state index in [4.69, 9.17) is 13.9 Å². The predicted molar refractivity (Wildman–Crippen MR) is 211 cm³/mol. The summed E-state index contributed by atoms with van der Waals surface area (Å²) in [6, 6.07) is 26.4. The minimum absolute atomic E-state index is 0.181. The number of rotatable bonds is 5. The number of hydrogen-bond acceptors (Lipinski definition) is 5. The molecule has 0 amide bonds. The van der Waals surface area contributed by atoms with Crippen LogP contribution < -0.4 is 0 Å². The van der Waals surface area contributed by atoms with Gasteiger partial charge in [0.05, 0.1) is 9.75 Å². The Labute approximate surface area is 290 Å². The van der Waals surface area contributed by atoms with Crippen molar-refractivity contribution in [3.05, 3.63) is 119 Å². The first kappa shape index (κ1) is 33.3. The Morgan fingerprint density at radius 1 is 0.688 bits per heavy atom. The van der Waals surface area contributed by atoms with E-state index in [1.54, 1.807) is 22.7 Å². The van der Waals surface area contributed by atoms with Crippen molar-refractivity contribution >= 4 is 76.9 Å². The Hall–Kier alpha value is -4.58. The number of allylic oxidation sites excluding steroid dienone is 2. The lowest BCUT2D eigenvalue weighted by Crippen LogP contribution is -1.89. The van der Waals surface area contributed by atoms with Crippen LogP contribution in [0.3, 0.4) is 0 Å². The Kier molecular flexibility index (Phi) is 9.63. The summed E-state index contributed by atoms with van der Waals surface area (Å²) >= 11 is 3.46. The number of benzene rings is 4. The van der Waals surface area contributed by atoms with Crippen LogP contribution in [-0.4, -0.2) is 5.11 Å². The molecule has 0 aliphatic rings. The molecule has 1 atom stereocenters. The largest absolute Gasteiger partial charge is 0.508 e. The third kappa shape index (κ3) is 6.33. The van der Waals surface area contributed by atoms with E-state index in [2.05, 4.69) is 118 Å². The molecule has 3 nitrogen and oxygen atoms in total. The zero-order valence-electron chi connectivity index (χ0n) is 28.7. The third-order valence-corrected chi connectivity index (χ3v) is 10.9. The zero-order chi connectivity index (χ0) is 34.1. The van der Waals surface area contributed by atoms with Crippen molar-refractivity contribution in [2.45, 2.75) is 54.9 Å². The van der Waals surface area contributed by atoms with E-state index in [1.165, 1.54) is 53.2 Å². The molecule has 48 heavy (non-hydrogen) atoms. The van der Waals surface area contributed by atoms with Gasteiger partial charge in [0.1, 0.15) is 28.4 Å². The first-order valence-electron chi connectivity index (χ1n) is 16.6. The summed E-state index contributed by atoms with van der Waals surface area (Å²) in [4.78, 5) is 2.34. The molecule has 4 aromatic carbocycles. The highest BCUT2D eigenvalue weighted by molar-refractivity contribution is 7.14. The average Bonchev–Trinajstić information content (AvgIpc) is 3.91. The lowest BCUT2D eigenvalue weighted by atomic mass is 9.94. The average molecular weight is 671 g/mol. The number of thiophene rings is 2. The van der Waals surface area contributed by atoms with Crippen LogP contribution in [0.25, 0.3) is 75.5 Å². The van der Waals surface area contributed by atoms with Crippen molar-refractivity contribution in [1.29, 1.82) is 0 Å². The number of hydrogen-bond donors (Lipinski definition) is 1. The first-order valence-corrected chi connectivity index (χ1v) is 18.4. The zero-order valence-corrected chi connectivity index (χ0v) is 30.4. The molecular weight excluding hydrogens is 629 g/mol. The highest BCUT2D eigenvalue weighted by atomic mass is 32.1. The molecule has 244 valence electrons. The highest BCUT2D eigenvalue weighted by Crippen LogP contribution is 2.41. The molecule has 8 rings (SSSR count). The molecule has 8 aromatic rings. The van der Waals surface area contributed by atoms with Gasteiger partial charge in [0.25, 0.3) is 0 Å². The maximum Gasteiger partial charge on any atom is 0.145 e. The summed E-state index contributed by atoms with van der Waals surface area (Å²) in [5.41, 5.74) is 5.28. The van der Waals surface area contributed by atoms with Crippen molar-refractivity contribution in [3.8, 4) is 21.3 Å². The van der Waals surface area contributed by atoms with Gasteiger partial charge in [0.15, 0.2) is 0 Å². The van der Waals surface area contributed by atoms with Gasteiger partial charge >= 0.3 is 0 Å². The summed E-state index contributed by atoms with van der Waals surface area (Å²) in [6.07, 6.45) is 3.13. The van der Waals surface area contributed by atoms with Gasteiger partial charge in [0.2, 0.25) is 0 Å². The van der Waals surface area contributed by atoms with E-state index >= 15 is 0 Å². The van der Waals surface area contributed by atoms with Crippen molar-refractivity contribution in [2.24, 2.45) is 5.92 Å². The normalized spacial score (nSPS) is 12.4. The van der Waals surface area contributed by atoms with Gasteiger partial charge in [-0.1, -0.05) is 83.2 Å². The predicted octanol–water partition coefficient (Wildman–Crippen LogP) is 14.8. The molecule has 0 saturated carbocycles. The van der Waals surface area contributed by atoms with E-state index in [-0.39, 0.29) is 5.76 Å². The van der Waals surface area contributed by atoms with Gasteiger partial charge in [-0.2, -0.15) is 0 Å². The maximum atomic E-state index is 8.90. The molecule has 0 radical (unpaired) electrons. The highest BCUT2D eigenvalue weighted by Gasteiger charge is 2.15. The van der Waals surface area contributed by atoms with Crippen molar-refractivity contribution in [2.75, 3.05) is 0 Å². The fraction of sp³-hybridized carbons (Fsp3) is 0.209. The van der Waals surface area contributed by atoms with Gasteiger partial charge in [-0.15, -0.1) is 22.7 Å². The summed E-state index contributed by atoms with van der Waals surface area (Å²) in [5, 5.41) is 23.0. The van der Waals surface area contributed by atoms with E-state index < -0.39 is 0 Å². The molecule has 1 unspecified atom stereocenters. The monoisotopic (exact) mass is 670 g/mol. The van der Waals surface area contributed by atoms with Crippen molar-refractivity contribution in [1.82, 2.24) is 0 Å². The Morgan fingerprint density at radius 3 is 1.40 bits per heavy atom. The second-order valence-corrected chi connectivity index (χ2v) is 14.1. The summed E-state index contributed by atoms with van der Waals surface area (Å²) in [7, 11) is 0. The smallest absolute Gasteiger partial charge is 0.145 e. The molecule has 0 bridgehead atoms. The topological polar surface area (TPSA) is 46.5 Å². The molecule has 0 spiro atoms. The number of aryl methyl sites for hydroxylation is 2. The lowest BCUT2D eigenvalue weighted by molar-refractivity contribution is 0.424. The van der Waals surface area contributed by atoms with Crippen LogP contribution in [0.2, 0.25) is 0 Å². The lowest BCUT2D eigenvalue weighted by Gasteiger charge is -2.08. The molecule has 0 fully saturated rings. The summed E-state index contributed by atoms with van der Waals surface area (Å²) in [6.45, 7) is 17.8. The van der Waals surface area contributed by atoms with Crippen LogP contribution in [0.5, 0.6) is 0 Å². The van der Waals surface area contributed by atoms with Gasteiger partial charge in [-0.05, 0) is 123 Å². The maximum absolute atomic E-state index is 8.90. The van der Waals surface area contributed by atoms with Gasteiger partial charge < -0.3 is 13.9 Å². The van der Waals surface area contributed by atoms with Crippen molar-refractivity contribution in [3.63, 3.8) is 0 Å².